The van der Waals surface area contributed by atoms with Crippen molar-refractivity contribution in [2.75, 3.05) is 45.2 Å². The first kappa shape index (κ1) is 25.1. The Labute approximate surface area is 210 Å². The second-order valence-corrected chi connectivity index (χ2v) is 8.84. The van der Waals surface area contributed by atoms with E-state index < -0.39 is 4.92 Å². The predicted octanol–water partition coefficient (Wildman–Crippen LogP) is 4.17. The molecule has 1 aliphatic rings. The minimum Gasteiger partial charge on any atom is -0.497 e. The Kier molecular flexibility index (Phi) is 8.12. The Morgan fingerprint density at radius 1 is 1.11 bits per heavy atom. The molecule has 0 spiro atoms. The van der Waals surface area contributed by atoms with Crippen molar-refractivity contribution in [2.24, 2.45) is 0 Å². The molecule has 0 radical (unpaired) electrons. The number of benzene rings is 2. The average molecular weight is 490 g/mol. The van der Waals surface area contributed by atoms with Gasteiger partial charge in [-0.3, -0.25) is 24.8 Å². The molecule has 36 heavy (non-hydrogen) atoms. The van der Waals surface area contributed by atoms with Crippen LogP contribution in [0.25, 0.3) is 0 Å². The molecule has 9 heteroatoms. The number of piperazine rings is 1. The van der Waals surface area contributed by atoms with Crippen molar-refractivity contribution in [1.82, 2.24) is 14.8 Å². The summed E-state index contributed by atoms with van der Waals surface area (Å²) in [6.07, 6.45) is 2.61. The monoisotopic (exact) mass is 489 g/mol. The summed E-state index contributed by atoms with van der Waals surface area (Å²) in [5.74, 6) is 0.662. The maximum Gasteiger partial charge on any atom is 0.293 e. The molecule has 0 aliphatic carbocycles. The minimum atomic E-state index is -0.457. The van der Waals surface area contributed by atoms with Gasteiger partial charge in [-0.1, -0.05) is 18.2 Å². The SMILES string of the molecule is COc1ccc(CCN2CCN(C(=O)c3ccc(NC(C)c4ccccn4)c([N+](=O)[O-])c3)CC2)cc1. The Hall–Kier alpha value is -3.98. The third-order valence-corrected chi connectivity index (χ3v) is 6.48. The molecule has 2 aromatic carbocycles. The Morgan fingerprint density at radius 3 is 2.50 bits per heavy atom. The van der Waals surface area contributed by atoms with Crippen molar-refractivity contribution >= 4 is 17.3 Å². The van der Waals surface area contributed by atoms with Crippen LogP contribution in [0.15, 0.2) is 66.9 Å². The summed E-state index contributed by atoms with van der Waals surface area (Å²) in [5, 5.41) is 14.9. The number of aromatic nitrogens is 1. The number of carbonyl (C=O) groups excluding carboxylic acids is 1. The third kappa shape index (κ3) is 6.17. The number of anilines is 1. The van der Waals surface area contributed by atoms with Crippen LogP contribution in [0, 0.1) is 10.1 Å². The quantitative estimate of drug-likeness (QED) is 0.356. The van der Waals surface area contributed by atoms with Crippen molar-refractivity contribution in [3.05, 3.63) is 93.8 Å². The largest absolute Gasteiger partial charge is 0.497 e. The fraction of sp³-hybridized carbons (Fsp3) is 0.333. The highest BCUT2D eigenvalue weighted by atomic mass is 16.6. The van der Waals surface area contributed by atoms with Crippen LogP contribution < -0.4 is 10.1 Å². The molecule has 1 atom stereocenters. The van der Waals surface area contributed by atoms with E-state index in [4.69, 9.17) is 4.74 Å². The number of hydrogen-bond acceptors (Lipinski definition) is 7. The summed E-state index contributed by atoms with van der Waals surface area (Å²) in [5.41, 5.74) is 2.58. The number of nitrogens with one attached hydrogen (secondary N) is 1. The molecule has 1 aliphatic heterocycles. The molecule has 1 saturated heterocycles. The van der Waals surface area contributed by atoms with E-state index in [0.29, 0.717) is 24.3 Å². The number of hydrogen-bond donors (Lipinski definition) is 1. The van der Waals surface area contributed by atoms with Gasteiger partial charge < -0.3 is 15.0 Å². The van der Waals surface area contributed by atoms with Crippen molar-refractivity contribution < 1.29 is 14.5 Å². The minimum absolute atomic E-state index is 0.123. The van der Waals surface area contributed by atoms with Gasteiger partial charge in [-0.05, 0) is 55.3 Å². The molecule has 0 bridgehead atoms. The van der Waals surface area contributed by atoms with E-state index in [1.54, 1.807) is 30.3 Å². The number of carbonyl (C=O) groups is 1. The number of methoxy groups -OCH3 is 1. The van der Waals surface area contributed by atoms with Gasteiger partial charge in [-0.25, -0.2) is 0 Å². The van der Waals surface area contributed by atoms with Crippen LogP contribution >= 0.6 is 0 Å². The lowest BCUT2D eigenvalue weighted by Gasteiger charge is -2.34. The fourth-order valence-corrected chi connectivity index (χ4v) is 4.31. The highest BCUT2D eigenvalue weighted by molar-refractivity contribution is 5.95. The van der Waals surface area contributed by atoms with Crippen LogP contribution in [0.5, 0.6) is 5.75 Å². The van der Waals surface area contributed by atoms with Crippen LogP contribution in [0.2, 0.25) is 0 Å². The van der Waals surface area contributed by atoms with Gasteiger partial charge in [0.05, 0.1) is 23.8 Å². The number of nitro benzene ring substituents is 1. The van der Waals surface area contributed by atoms with Crippen LogP contribution in [0.3, 0.4) is 0 Å². The van der Waals surface area contributed by atoms with E-state index >= 15 is 0 Å². The second kappa shape index (κ2) is 11.6. The first-order chi connectivity index (χ1) is 17.4. The summed E-state index contributed by atoms with van der Waals surface area (Å²) in [6, 6.07) is 18.0. The molecule has 2 heterocycles. The van der Waals surface area contributed by atoms with Gasteiger partial charge in [0.2, 0.25) is 0 Å². The van der Waals surface area contributed by atoms with Gasteiger partial charge in [-0.15, -0.1) is 0 Å². The molecule has 1 N–H and O–H groups in total. The maximum atomic E-state index is 13.1. The molecule has 1 amide bonds. The zero-order chi connectivity index (χ0) is 25.5. The molecule has 188 valence electrons. The maximum absolute atomic E-state index is 13.1. The molecule has 1 aromatic heterocycles. The summed E-state index contributed by atoms with van der Waals surface area (Å²) < 4.78 is 5.21. The Morgan fingerprint density at radius 2 is 1.86 bits per heavy atom. The van der Waals surface area contributed by atoms with Crippen molar-refractivity contribution in [3.63, 3.8) is 0 Å². The van der Waals surface area contributed by atoms with E-state index in [2.05, 4.69) is 27.3 Å². The highest BCUT2D eigenvalue weighted by Gasteiger charge is 2.25. The molecule has 4 rings (SSSR count). The fourth-order valence-electron chi connectivity index (χ4n) is 4.31. The van der Waals surface area contributed by atoms with Crippen LogP contribution in [0.1, 0.15) is 34.6 Å². The first-order valence-electron chi connectivity index (χ1n) is 12.0. The average Bonchev–Trinajstić information content (AvgIpc) is 2.92. The zero-order valence-electron chi connectivity index (χ0n) is 20.6. The Bertz CT molecular complexity index is 1180. The zero-order valence-corrected chi connectivity index (χ0v) is 20.6. The number of ether oxygens (including phenoxy) is 1. The summed E-state index contributed by atoms with van der Waals surface area (Å²) in [7, 11) is 1.66. The van der Waals surface area contributed by atoms with Crippen molar-refractivity contribution in [1.29, 1.82) is 0 Å². The lowest BCUT2D eigenvalue weighted by molar-refractivity contribution is -0.384. The number of nitro groups is 1. The standard InChI is InChI=1S/C27H31N5O4/c1-20(24-5-3-4-13-28-24)29-25-11-8-22(19-26(25)32(34)35)27(33)31-17-15-30(16-18-31)14-12-21-6-9-23(36-2)10-7-21/h3-11,13,19-20,29H,12,14-18H2,1-2H3. The lowest BCUT2D eigenvalue weighted by Crippen LogP contribution is -2.49. The normalized spacial score (nSPS) is 14.8. The number of pyridine rings is 1. The van der Waals surface area contributed by atoms with Crippen molar-refractivity contribution in [2.45, 2.75) is 19.4 Å². The molecule has 0 saturated carbocycles. The van der Waals surface area contributed by atoms with Gasteiger partial charge in [-0.2, -0.15) is 0 Å². The molecule has 9 nitrogen and oxygen atoms in total. The molecule has 1 unspecified atom stereocenters. The van der Waals surface area contributed by atoms with Gasteiger partial charge in [0, 0.05) is 50.6 Å². The van der Waals surface area contributed by atoms with E-state index in [1.165, 1.54) is 11.6 Å². The van der Waals surface area contributed by atoms with Gasteiger partial charge >= 0.3 is 0 Å². The lowest BCUT2D eigenvalue weighted by atomic mass is 10.1. The smallest absolute Gasteiger partial charge is 0.293 e. The number of amides is 1. The second-order valence-electron chi connectivity index (χ2n) is 8.84. The highest BCUT2D eigenvalue weighted by Crippen LogP contribution is 2.29. The van der Waals surface area contributed by atoms with Crippen molar-refractivity contribution in [3.8, 4) is 5.75 Å². The van der Waals surface area contributed by atoms with Crippen LogP contribution in [0.4, 0.5) is 11.4 Å². The van der Waals surface area contributed by atoms with Gasteiger partial charge in [0.15, 0.2) is 0 Å². The Balaban J connectivity index is 1.34. The molecule has 1 fully saturated rings. The third-order valence-electron chi connectivity index (χ3n) is 6.48. The van der Waals surface area contributed by atoms with E-state index in [-0.39, 0.29) is 17.6 Å². The first-order valence-corrected chi connectivity index (χ1v) is 12.0. The summed E-state index contributed by atoms with van der Waals surface area (Å²) in [4.78, 5) is 32.8. The molecule has 3 aromatic rings. The van der Waals surface area contributed by atoms with Crippen LogP contribution in [-0.4, -0.2) is 65.4 Å². The van der Waals surface area contributed by atoms with Gasteiger partial charge in [0.25, 0.3) is 11.6 Å². The van der Waals surface area contributed by atoms with E-state index in [0.717, 1.165) is 37.5 Å². The molecular weight excluding hydrogens is 458 g/mol. The van der Waals surface area contributed by atoms with Gasteiger partial charge in [0.1, 0.15) is 11.4 Å². The number of rotatable bonds is 9. The molecular formula is C27H31N5O4. The summed E-state index contributed by atoms with van der Waals surface area (Å²) >= 11 is 0. The van der Waals surface area contributed by atoms with E-state index in [9.17, 15) is 14.9 Å². The van der Waals surface area contributed by atoms with E-state index in [1.807, 2.05) is 37.3 Å². The summed E-state index contributed by atoms with van der Waals surface area (Å²) in [6.45, 7) is 5.52. The predicted molar refractivity (Wildman–Crippen MR) is 138 cm³/mol. The number of nitrogens with zero attached hydrogens (tertiary/aromatic N) is 4. The topological polar surface area (TPSA) is 101 Å². The van der Waals surface area contributed by atoms with Crippen LogP contribution in [-0.2, 0) is 6.42 Å².